The molecule has 0 aliphatic carbocycles. The minimum absolute atomic E-state index is 0.0188. The lowest BCUT2D eigenvalue weighted by Crippen LogP contribution is -2.58. The first-order valence-electron chi connectivity index (χ1n) is 20.8. The van der Waals surface area contributed by atoms with Gasteiger partial charge in [-0.05, 0) is 110 Å². The van der Waals surface area contributed by atoms with Crippen LogP contribution in [-0.2, 0) is 40.6 Å². The van der Waals surface area contributed by atoms with Gasteiger partial charge in [0.1, 0.15) is 33.9 Å². The van der Waals surface area contributed by atoms with E-state index in [1.165, 1.54) is 68.8 Å². The minimum atomic E-state index is -4.23. The first-order chi connectivity index (χ1) is 33.0. The highest BCUT2D eigenvalue weighted by Gasteiger charge is 2.48. The molecule has 4 aromatic rings. The number of nitrogens with two attached hydrogens (primary N) is 1. The van der Waals surface area contributed by atoms with E-state index in [0.717, 1.165) is 50.9 Å². The summed E-state index contributed by atoms with van der Waals surface area (Å²) in [6.45, 7) is 26.8. The zero-order valence-corrected chi connectivity index (χ0v) is 45.4. The van der Waals surface area contributed by atoms with Gasteiger partial charge in [-0.15, -0.1) is 37.5 Å². The molecule has 4 heterocycles. The van der Waals surface area contributed by atoms with Gasteiger partial charge in [0.2, 0.25) is 40.9 Å². The first-order valence-corrected chi connectivity index (χ1v) is 26.6. The van der Waals surface area contributed by atoms with Crippen molar-refractivity contribution in [3.63, 3.8) is 0 Å². The molecule has 0 unspecified atom stereocenters. The number of allylic oxidation sites excluding steroid dienone is 1. The molecule has 6 rings (SSSR count). The Balaban J connectivity index is 0.000000275. The number of amides is 2. The molecule has 2 aliphatic heterocycles. The van der Waals surface area contributed by atoms with Crippen LogP contribution in [0, 0.1) is 24.8 Å². The van der Waals surface area contributed by atoms with Crippen LogP contribution in [0.25, 0.3) is 27.7 Å². The number of benzene rings is 2. The van der Waals surface area contributed by atoms with E-state index >= 15 is 0 Å². The predicted molar refractivity (Wildman–Crippen MR) is 272 cm³/mol. The Kier molecular flexibility index (Phi) is 18.0. The van der Waals surface area contributed by atoms with Crippen molar-refractivity contribution in [2.75, 3.05) is 25.6 Å². The van der Waals surface area contributed by atoms with Crippen molar-refractivity contribution in [2.24, 2.45) is 15.7 Å². The van der Waals surface area contributed by atoms with Gasteiger partial charge in [0.15, 0.2) is 5.83 Å². The van der Waals surface area contributed by atoms with Crippen LogP contribution in [-0.4, -0.2) is 101 Å². The maximum atomic E-state index is 15.0. The number of carbonyl (C=O) groups is 2. The molecule has 2 N–H and O–H groups in total. The van der Waals surface area contributed by atoms with E-state index in [0.29, 0.717) is 20.6 Å². The molecule has 2 atom stereocenters. The van der Waals surface area contributed by atoms with Crippen LogP contribution >= 0.6 is 38.6 Å². The first kappa shape index (κ1) is 58.3. The number of aromatic nitrogens is 2. The van der Waals surface area contributed by atoms with Gasteiger partial charge in [0.25, 0.3) is 11.6 Å². The van der Waals surface area contributed by atoms with E-state index in [1.54, 1.807) is 46.9 Å². The molecule has 27 heteroatoms. The Hall–Kier alpha value is -6.26. The van der Waals surface area contributed by atoms with E-state index < -0.39 is 95.3 Å². The monoisotopic (exact) mass is 1140 g/mol. The van der Waals surface area contributed by atoms with Gasteiger partial charge < -0.3 is 24.9 Å². The number of sulfonamides is 2. The van der Waals surface area contributed by atoms with Crippen molar-refractivity contribution in [1.82, 2.24) is 23.5 Å². The molecule has 2 amide bonds. The zero-order chi connectivity index (χ0) is 54.5. The summed E-state index contributed by atoms with van der Waals surface area (Å²) in [5.41, 5.74) is 0.726. The largest absolute Gasteiger partial charge is 0.443 e. The molecular weight excluding hydrogens is 1090 g/mol. The Morgan fingerprint density at radius 2 is 1.24 bits per heavy atom. The summed E-state index contributed by atoms with van der Waals surface area (Å²) < 4.78 is 121. The molecule has 0 saturated heterocycles. The topological polar surface area (TPSA) is 216 Å². The molecule has 18 nitrogen and oxygen atoms in total. The van der Waals surface area contributed by atoms with E-state index in [-0.39, 0.29) is 33.5 Å². The van der Waals surface area contributed by atoms with Crippen molar-refractivity contribution in [1.29, 1.82) is 0 Å². The molecule has 0 bridgehead atoms. The van der Waals surface area contributed by atoms with Gasteiger partial charge >= 0.3 is 12.2 Å². The van der Waals surface area contributed by atoms with Crippen molar-refractivity contribution in [2.45, 2.75) is 84.6 Å². The number of hydrogen-bond acceptors (Lipinski definition) is 15. The van der Waals surface area contributed by atoms with Crippen LogP contribution in [0.1, 0.15) is 89.6 Å². The maximum Gasteiger partial charge on any atom is 0.427 e. The molecule has 0 fully saturated rings. The van der Waals surface area contributed by atoms with E-state index in [4.69, 9.17) is 28.4 Å². The highest BCUT2D eigenvalue weighted by atomic mass is 79.9. The number of aliphatic imine (C=N–C) groups is 2. The Morgan fingerprint density at radius 1 is 0.792 bits per heavy atom. The standard InChI is InChI=1S/C24H33F2N3O6S.C17H15F2N5O2S2.C4HBrN2S/c1-15(25)12-16-10-11-18(26)17(13-16)24(8)14-36(32,33)28(9)19(27-24)29(20(30)34-22(2,3)4)21(31)35-23(5,6)7;1-17(9-28(25,26)24(3)16(20)23-17)11-6-10(4-5-12(11)18)7-13(19)15-22-14(21-2)8-27-15;1-6-3-2-8-4(5)7-3/h10-13H,14H2,1-9H3;4-8H,9H2,1,3H3,(H2,20,23);2H/b15-12-;13-7-;/t24-;17-;/m00./s1. The van der Waals surface area contributed by atoms with Gasteiger partial charge in [0.05, 0.1) is 17.3 Å². The summed E-state index contributed by atoms with van der Waals surface area (Å²) in [4.78, 5) is 49.0. The second kappa shape index (κ2) is 22.2. The summed E-state index contributed by atoms with van der Waals surface area (Å²) in [7, 11) is -5.63. The van der Waals surface area contributed by atoms with E-state index in [9.17, 15) is 44.0 Å². The van der Waals surface area contributed by atoms with Gasteiger partial charge in [-0.3, -0.25) is 0 Å². The normalized spacial score (nSPS) is 19.7. The molecule has 0 spiro atoms. The van der Waals surface area contributed by atoms with Crippen molar-refractivity contribution in [3.05, 3.63) is 119 Å². The van der Waals surface area contributed by atoms with Crippen molar-refractivity contribution >= 4 is 112 Å². The number of carbonyl (C=O) groups excluding carboxylic acids is 2. The molecule has 0 radical (unpaired) electrons. The van der Waals surface area contributed by atoms with Crippen LogP contribution in [0.15, 0.2) is 66.9 Å². The summed E-state index contributed by atoms with van der Waals surface area (Å²) in [6.07, 6.45) is -0.178. The molecule has 2 aromatic carbocycles. The molecule has 2 aliphatic rings. The van der Waals surface area contributed by atoms with Gasteiger partial charge in [-0.25, -0.2) is 62.6 Å². The number of imide groups is 1. The fraction of sp³-hybridized carbons (Fsp3) is 0.378. The van der Waals surface area contributed by atoms with Crippen LogP contribution in [0.2, 0.25) is 0 Å². The summed E-state index contributed by atoms with van der Waals surface area (Å²) in [5.74, 6) is -4.22. The third-order valence-corrected chi connectivity index (χ3v) is 15.7. The van der Waals surface area contributed by atoms with Crippen molar-refractivity contribution < 1.29 is 53.5 Å². The number of guanidine groups is 2. The van der Waals surface area contributed by atoms with E-state index in [1.807, 2.05) is 0 Å². The highest BCUT2D eigenvalue weighted by Crippen LogP contribution is 2.37. The molecule has 2 aromatic heterocycles. The third-order valence-electron chi connectivity index (χ3n) is 9.62. The fourth-order valence-electron chi connectivity index (χ4n) is 6.42. The lowest BCUT2D eigenvalue weighted by Gasteiger charge is -2.39. The lowest BCUT2D eigenvalue weighted by molar-refractivity contribution is 0.0132. The van der Waals surface area contributed by atoms with Crippen molar-refractivity contribution in [3.8, 4) is 0 Å². The molecule has 72 heavy (non-hydrogen) atoms. The van der Waals surface area contributed by atoms with Gasteiger partial charge in [-0.1, -0.05) is 25.3 Å². The zero-order valence-electron chi connectivity index (χ0n) is 40.6. The Morgan fingerprint density at radius 3 is 1.64 bits per heavy atom. The number of hydrogen-bond donors (Lipinski definition) is 1. The second-order valence-corrected chi connectivity index (χ2v) is 25.1. The lowest BCUT2D eigenvalue weighted by atomic mass is 9.92. The summed E-state index contributed by atoms with van der Waals surface area (Å²) in [6, 6.07) is 7.45. The quantitative estimate of drug-likeness (QED) is 0.146. The number of nitrogens with zero attached hydrogens (tertiary/aromatic N) is 9. The number of thiazole rings is 2. The average molecular weight is 1140 g/mol. The highest BCUT2D eigenvalue weighted by molar-refractivity contribution is 9.11. The second-order valence-electron chi connectivity index (χ2n) is 18.1. The van der Waals surface area contributed by atoms with Gasteiger partial charge in [0, 0.05) is 51.9 Å². The number of halogens is 5. The maximum absolute atomic E-state index is 15.0. The summed E-state index contributed by atoms with van der Waals surface area (Å²) in [5, 5.41) is 3.15. The van der Waals surface area contributed by atoms with Crippen LogP contribution in [0.3, 0.4) is 0 Å². The van der Waals surface area contributed by atoms with Crippen LogP contribution < -0.4 is 5.73 Å². The number of ether oxygens (including phenoxy) is 2. The Labute approximate surface area is 431 Å². The fourth-order valence-corrected chi connectivity index (χ4v) is 10.9. The predicted octanol–water partition coefficient (Wildman–Crippen LogP) is 10.7. The Bertz CT molecular complexity index is 3160. The van der Waals surface area contributed by atoms with Gasteiger partial charge in [-0.2, -0.15) is 0 Å². The van der Waals surface area contributed by atoms with E-state index in [2.05, 4.69) is 45.6 Å². The molecule has 386 valence electrons. The van der Waals surface area contributed by atoms with Crippen LogP contribution in [0.4, 0.5) is 38.8 Å². The third kappa shape index (κ3) is 14.9. The minimum Gasteiger partial charge on any atom is -0.443 e. The molecular formula is C45H49BrF4N10O8S4. The SMILES string of the molecule is C/C(F)=C/c1ccc(F)c([C@]2(C)CS(=O)(=O)N(C)C(N(C(=O)OC(C)(C)C)C(=O)OC(C)(C)C)=N2)c1.[C-]#[N+]c1csc(/C(F)=C/c2ccc(F)c([C@]3(C)CS(=O)(=O)N(C)C(N)=N3)c2)n1.[C-]#[N+]c1csc(Br)n1. The van der Waals surface area contributed by atoms with Crippen LogP contribution in [0.5, 0.6) is 0 Å². The number of rotatable bonds is 5. The molecule has 0 saturated carbocycles. The smallest absolute Gasteiger partial charge is 0.427 e. The average Bonchev–Trinajstić information content (AvgIpc) is 3.91. The summed E-state index contributed by atoms with van der Waals surface area (Å²) >= 11 is 5.53.